The van der Waals surface area contributed by atoms with E-state index < -0.39 is 27.1 Å². The summed E-state index contributed by atoms with van der Waals surface area (Å²) in [6.07, 6.45) is -1.18. The average Bonchev–Trinajstić information content (AvgIpc) is 2.12. The first-order valence-electron chi connectivity index (χ1n) is 4.87. The largest absolute Gasteiger partial charge is 0.472 e. The molecule has 3 N–H and O–H groups in total. The smallest absolute Gasteiger partial charge is 0.394 e. The van der Waals surface area contributed by atoms with Crippen molar-refractivity contribution in [1.29, 1.82) is 0 Å². The number of hydrogen-bond donors (Lipinski definition) is 3. The van der Waals surface area contributed by atoms with Gasteiger partial charge in [-0.1, -0.05) is 0 Å². The van der Waals surface area contributed by atoms with Crippen molar-refractivity contribution >= 4 is 7.82 Å². The topological polar surface area (TPSA) is 96.2 Å². The highest BCUT2D eigenvalue weighted by Gasteiger charge is 2.23. The van der Waals surface area contributed by atoms with E-state index in [1.54, 1.807) is 0 Å². The molecule has 0 spiro atoms. The van der Waals surface area contributed by atoms with Crippen molar-refractivity contribution in [2.75, 3.05) is 47.5 Å². The minimum absolute atomic E-state index is 0.0759. The molecular weight excluding hydrogens is 243 g/mol. The first-order valence-corrected chi connectivity index (χ1v) is 6.37. The van der Waals surface area contributed by atoms with Crippen LogP contribution in [0.2, 0.25) is 0 Å². The lowest BCUT2D eigenvalue weighted by molar-refractivity contribution is -0.870. The van der Waals surface area contributed by atoms with Crippen LogP contribution >= 0.6 is 7.82 Å². The summed E-state index contributed by atoms with van der Waals surface area (Å²) < 4.78 is 21.0. The lowest BCUT2D eigenvalue weighted by Crippen LogP contribution is -2.37. The van der Waals surface area contributed by atoms with Gasteiger partial charge in [-0.05, 0) is 0 Å². The summed E-state index contributed by atoms with van der Waals surface area (Å²) in [7, 11) is 1.63. The minimum atomic E-state index is -4.13. The molecule has 0 aromatic carbocycles. The maximum absolute atomic E-state index is 11.2. The monoisotopic (exact) mass is 264 g/mol. The Morgan fingerprint density at radius 1 is 1.31 bits per heavy atom. The van der Waals surface area contributed by atoms with Crippen LogP contribution in [0.15, 0.2) is 0 Å². The molecule has 0 aliphatic heterocycles. The van der Waals surface area contributed by atoms with Crippen LogP contribution in [0.4, 0.5) is 0 Å². The molecule has 0 aromatic rings. The number of quaternary nitrogens is 1. The molecule has 0 rings (SSSR count). The third kappa shape index (κ3) is 9.23. The highest BCUT2D eigenvalue weighted by Crippen LogP contribution is 2.42. The molecule has 2 atom stereocenters. The van der Waals surface area contributed by atoms with Gasteiger partial charge in [-0.25, -0.2) is 4.57 Å². The van der Waals surface area contributed by atoms with Gasteiger partial charge in [0.1, 0.15) is 19.3 Å². The average molecular weight is 264 g/mol. The lowest BCUT2D eigenvalue weighted by Gasteiger charge is -2.24. The van der Waals surface area contributed by atoms with Gasteiger partial charge in [0.05, 0.1) is 34.4 Å². The molecule has 0 aliphatic carbocycles. The molecule has 98 valence electrons. The zero-order valence-corrected chi connectivity index (χ0v) is 10.8. The molecule has 0 fully saturated rings. The van der Waals surface area contributed by atoms with Gasteiger partial charge in [0.25, 0.3) is 0 Å². The molecule has 7 nitrogen and oxygen atoms in total. The van der Waals surface area contributed by atoms with Crippen LogP contribution in [0.1, 0.15) is 0 Å². The number of aliphatic hydroxyl groups excluding tert-OH is 2. The molecule has 16 heavy (non-hydrogen) atoms. The van der Waals surface area contributed by atoms with Crippen molar-refractivity contribution in [3.05, 3.63) is 0 Å². The van der Waals surface area contributed by atoms with Crippen molar-refractivity contribution in [3.8, 4) is 0 Å². The van der Waals surface area contributed by atoms with E-state index >= 15 is 0 Å². The fraction of sp³-hybridized carbons (Fsp3) is 1.00. The zero-order valence-electron chi connectivity index (χ0n) is 9.87. The molecule has 2 unspecified atom stereocenters. The Bertz CT molecular complexity index is 241. The van der Waals surface area contributed by atoms with E-state index in [1.807, 2.05) is 21.1 Å². The molecule has 0 aromatic heterocycles. The first-order chi connectivity index (χ1) is 7.16. The summed E-state index contributed by atoms with van der Waals surface area (Å²) in [5, 5.41) is 17.4. The van der Waals surface area contributed by atoms with E-state index in [-0.39, 0.29) is 6.61 Å². The summed E-state index contributed by atoms with van der Waals surface area (Å²) in [6.45, 7) is -0.337. The van der Waals surface area contributed by atoms with Gasteiger partial charge in [0, 0.05) is 0 Å². The molecule has 0 aliphatic rings. The van der Waals surface area contributed by atoms with Crippen molar-refractivity contribution in [1.82, 2.24) is 0 Å². The number of phosphoric acid groups is 1. The highest BCUT2D eigenvalue weighted by molar-refractivity contribution is 7.47. The predicted octanol–water partition coefficient (Wildman–Crippen LogP) is -0.821. The Labute approximate surface area is 95.4 Å². The van der Waals surface area contributed by atoms with E-state index in [9.17, 15) is 4.57 Å². The predicted molar refractivity (Wildman–Crippen MR) is 57.7 cm³/mol. The van der Waals surface area contributed by atoms with Crippen LogP contribution < -0.4 is 0 Å². The van der Waals surface area contributed by atoms with E-state index in [2.05, 4.69) is 9.05 Å². The summed E-state index contributed by atoms with van der Waals surface area (Å²) >= 11 is 0. The molecule has 0 saturated heterocycles. The van der Waals surface area contributed by atoms with Crippen molar-refractivity contribution in [2.45, 2.75) is 6.10 Å². The summed E-state index contributed by atoms with van der Waals surface area (Å²) in [5.41, 5.74) is 0. The maximum atomic E-state index is 11.2. The van der Waals surface area contributed by atoms with Gasteiger partial charge in [-0.2, -0.15) is 0 Å². The summed E-state index contributed by atoms with van der Waals surface area (Å²) in [6, 6.07) is 0. The van der Waals surface area contributed by atoms with Crippen LogP contribution in [-0.2, 0) is 13.6 Å². The minimum Gasteiger partial charge on any atom is -0.394 e. The Hall–Kier alpha value is -0.0100. The van der Waals surface area contributed by atoms with E-state index in [1.165, 1.54) is 0 Å². The lowest BCUT2D eigenvalue weighted by atomic mass is 10.4. The second-order valence-corrected chi connectivity index (χ2v) is 5.90. The number of phosphoric ester groups is 1. The molecule has 0 bridgehead atoms. The first kappa shape index (κ1) is 16.0. The van der Waals surface area contributed by atoms with Gasteiger partial charge >= 0.3 is 7.82 Å². The second-order valence-electron chi connectivity index (χ2n) is 4.45. The van der Waals surface area contributed by atoms with Crippen LogP contribution in [0, 0.1) is 0 Å². The fourth-order valence-electron chi connectivity index (χ4n) is 0.700. The van der Waals surface area contributed by atoms with Gasteiger partial charge in [0.2, 0.25) is 0 Å². The van der Waals surface area contributed by atoms with Gasteiger partial charge < -0.3 is 19.6 Å². The van der Waals surface area contributed by atoms with E-state index in [0.717, 1.165) is 0 Å². The van der Waals surface area contributed by atoms with Crippen molar-refractivity contribution in [2.24, 2.45) is 0 Å². The number of likely N-dealkylation sites (N-methyl/N-ethyl adjacent to an activating group) is 1. The van der Waals surface area contributed by atoms with Crippen LogP contribution in [0.25, 0.3) is 0 Å². The third-order valence-electron chi connectivity index (χ3n) is 1.66. The normalized spacial score (nSPS) is 18.1. The Morgan fingerprint density at radius 3 is 2.31 bits per heavy atom. The third-order valence-corrected chi connectivity index (χ3v) is 2.64. The van der Waals surface area contributed by atoms with Crippen LogP contribution in [0.3, 0.4) is 0 Å². The van der Waals surface area contributed by atoms with Gasteiger partial charge in [0.15, 0.2) is 0 Å². The molecule has 0 saturated carbocycles. The van der Waals surface area contributed by atoms with E-state index in [4.69, 9.17) is 15.1 Å². The van der Waals surface area contributed by atoms with Crippen molar-refractivity contribution < 1.29 is 33.2 Å². The van der Waals surface area contributed by atoms with E-state index in [0.29, 0.717) is 11.0 Å². The molecule has 0 amide bonds. The van der Waals surface area contributed by atoms with Crippen LogP contribution in [-0.4, -0.2) is 73.2 Å². The summed E-state index contributed by atoms with van der Waals surface area (Å²) in [4.78, 5) is 9.17. The molecule has 0 radical (unpaired) electrons. The number of rotatable bonds is 8. The quantitative estimate of drug-likeness (QED) is 0.391. The molecule has 8 heteroatoms. The zero-order chi connectivity index (χ0) is 12.8. The van der Waals surface area contributed by atoms with Crippen LogP contribution in [0.5, 0.6) is 0 Å². The standard InChI is InChI=1S/C8H20NO6P/c1-9(2,3)4-5-14-16(12,13)15-7-8(11)6-10/h8,10-11H,4-7H2,1-3H3/p+1/i10+1,11+1,12+1,13+1,14+1,15+1. The Balaban J connectivity index is 3.83. The number of nitrogens with zero attached hydrogens (tertiary/aromatic N) is 1. The molecule has 0 heterocycles. The fourth-order valence-corrected chi connectivity index (χ4v) is 1.45. The van der Waals surface area contributed by atoms with Crippen molar-refractivity contribution in [3.63, 3.8) is 0 Å². The maximum Gasteiger partial charge on any atom is 0.472 e. The van der Waals surface area contributed by atoms with Gasteiger partial charge in [-0.3, -0.25) is 9.05 Å². The number of hydrogen-bond acceptors (Lipinski definition) is 5. The Kier molecular flexibility index (Phi) is 6.65. The Morgan fingerprint density at radius 2 is 1.88 bits per heavy atom. The summed E-state index contributed by atoms with van der Waals surface area (Å²) in [5.74, 6) is 0. The molecular formula is C8H21NO6P+. The number of aliphatic hydroxyl groups is 2. The second kappa shape index (κ2) is 6.66. The van der Waals surface area contributed by atoms with Gasteiger partial charge in [-0.15, -0.1) is 0 Å². The SMILES string of the molecule is C[N+](C)(C)CC[17O]P(=[17O])([17OH])[17O]CC([17OH])C[17OH]. The highest BCUT2D eigenvalue weighted by atomic mass is 31.2.